The summed E-state index contributed by atoms with van der Waals surface area (Å²) >= 11 is 6.08. The highest BCUT2D eigenvalue weighted by Crippen LogP contribution is 2.37. The van der Waals surface area contributed by atoms with E-state index in [0.717, 1.165) is 0 Å². The Labute approximate surface area is 217 Å². The van der Waals surface area contributed by atoms with Crippen LogP contribution in [0.5, 0.6) is 17.2 Å². The molecule has 186 valence electrons. The van der Waals surface area contributed by atoms with E-state index in [2.05, 4.69) is 0 Å². The topological polar surface area (TPSA) is 105 Å². The van der Waals surface area contributed by atoms with Crippen LogP contribution in [0.2, 0.25) is 5.02 Å². The molecule has 0 aliphatic carbocycles. The van der Waals surface area contributed by atoms with E-state index in [0.29, 0.717) is 16.9 Å². The number of halogens is 1. The molecule has 37 heavy (non-hydrogen) atoms. The third kappa shape index (κ3) is 5.94. The van der Waals surface area contributed by atoms with Crippen molar-refractivity contribution in [3.8, 4) is 17.2 Å². The molecule has 4 rings (SSSR count). The quantitative estimate of drug-likeness (QED) is 0.104. The molecular weight excluding hydrogens is 498 g/mol. The monoisotopic (exact) mass is 517 g/mol. The number of hydrogen-bond acceptors (Lipinski definition) is 7. The van der Waals surface area contributed by atoms with E-state index in [1.165, 1.54) is 49.6 Å². The van der Waals surface area contributed by atoms with Crippen molar-refractivity contribution >= 4 is 29.0 Å². The number of Topliss-reactive ketones (excluding diaryl/α,β-unsaturated/α-hetero) is 1. The number of esters is 1. The van der Waals surface area contributed by atoms with E-state index in [4.69, 9.17) is 25.8 Å². The second kappa shape index (κ2) is 11.4. The van der Waals surface area contributed by atoms with Crippen LogP contribution in [0.15, 0.2) is 97.1 Å². The smallest absolute Gasteiger partial charge is 0.339 e. The standard InChI is InChI=1S/C28H20ClNO7/c1-35-21-14-10-18(11-15-21)25(31)26(19-6-3-2-4-7-19)37-28(32)20-12-16-22(17-13-20)36-27-23(29)8-5-9-24(27)30(33)34/h2-17,26H,1H3/t26-/m0/s1. The van der Waals surface area contributed by atoms with Crippen molar-refractivity contribution in [2.45, 2.75) is 6.10 Å². The number of rotatable bonds is 9. The lowest BCUT2D eigenvalue weighted by Gasteiger charge is -2.18. The lowest BCUT2D eigenvalue weighted by atomic mass is 9.99. The fourth-order valence-electron chi connectivity index (χ4n) is 3.50. The van der Waals surface area contributed by atoms with Crippen LogP contribution in [0.1, 0.15) is 32.4 Å². The summed E-state index contributed by atoms with van der Waals surface area (Å²) in [6.07, 6.45) is -1.18. The summed E-state index contributed by atoms with van der Waals surface area (Å²) in [6, 6.07) is 25.2. The van der Waals surface area contributed by atoms with Gasteiger partial charge in [0.2, 0.25) is 11.5 Å². The van der Waals surface area contributed by atoms with Crippen molar-refractivity contribution in [2.24, 2.45) is 0 Å². The molecule has 0 unspecified atom stereocenters. The molecule has 8 nitrogen and oxygen atoms in total. The molecule has 0 radical (unpaired) electrons. The maximum absolute atomic E-state index is 13.3. The second-order valence-corrected chi connectivity index (χ2v) is 8.17. The second-order valence-electron chi connectivity index (χ2n) is 7.76. The normalized spacial score (nSPS) is 11.3. The van der Waals surface area contributed by atoms with Crippen LogP contribution >= 0.6 is 11.6 Å². The number of ketones is 1. The summed E-state index contributed by atoms with van der Waals surface area (Å²) in [5, 5.41) is 11.4. The minimum absolute atomic E-state index is 0.0698. The van der Waals surface area contributed by atoms with Crippen molar-refractivity contribution in [3.05, 3.63) is 129 Å². The van der Waals surface area contributed by atoms with Crippen molar-refractivity contribution in [3.63, 3.8) is 0 Å². The first-order valence-corrected chi connectivity index (χ1v) is 11.4. The van der Waals surface area contributed by atoms with E-state index >= 15 is 0 Å². The van der Waals surface area contributed by atoms with Crippen molar-refractivity contribution in [1.82, 2.24) is 0 Å². The van der Waals surface area contributed by atoms with E-state index in [-0.39, 0.29) is 27.8 Å². The Hall–Kier alpha value is -4.69. The number of nitro benzene ring substituents is 1. The van der Waals surface area contributed by atoms with E-state index < -0.39 is 22.8 Å². The first-order valence-electron chi connectivity index (χ1n) is 11.0. The molecule has 0 saturated carbocycles. The predicted octanol–water partition coefficient (Wildman–Crippen LogP) is 6.83. The predicted molar refractivity (Wildman–Crippen MR) is 137 cm³/mol. The van der Waals surface area contributed by atoms with Gasteiger partial charge in [-0.15, -0.1) is 0 Å². The number of carbonyl (C=O) groups excluding carboxylic acids is 2. The zero-order valence-electron chi connectivity index (χ0n) is 19.5. The molecule has 4 aromatic carbocycles. The van der Waals surface area contributed by atoms with Gasteiger partial charge < -0.3 is 14.2 Å². The zero-order valence-corrected chi connectivity index (χ0v) is 20.3. The molecule has 0 amide bonds. The third-order valence-corrected chi connectivity index (χ3v) is 5.69. The van der Waals surface area contributed by atoms with Crippen LogP contribution < -0.4 is 9.47 Å². The minimum atomic E-state index is -1.18. The van der Waals surface area contributed by atoms with Crippen LogP contribution in [-0.2, 0) is 4.74 Å². The van der Waals surface area contributed by atoms with Gasteiger partial charge in [-0.1, -0.05) is 48.0 Å². The summed E-state index contributed by atoms with van der Waals surface area (Å²) in [6.45, 7) is 0. The molecule has 0 fully saturated rings. The minimum Gasteiger partial charge on any atom is -0.497 e. The molecule has 0 spiro atoms. The van der Waals surface area contributed by atoms with Gasteiger partial charge in [-0.25, -0.2) is 4.79 Å². The molecule has 1 atom stereocenters. The van der Waals surface area contributed by atoms with Crippen molar-refractivity contribution in [1.29, 1.82) is 0 Å². The third-order valence-electron chi connectivity index (χ3n) is 5.39. The SMILES string of the molecule is COc1ccc(C(=O)[C@@H](OC(=O)c2ccc(Oc3c(Cl)cccc3[N+](=O)[O-])cc2)c2ccccc2)cc1. The molecule has 0 N–H and O–H groups in total. The fraction of sp³-hybridized carbons (Fsp3) is 0.0714. The van der Waals surface area contributed by atoms with Gasteiger partial charge in [0.25, 0.3) is 0 Å². The maximum atomic E-state index is 13.3. The number of nitro groups is 1. The molecular formula is C28H20ClNO7. The Morgan fingerprint density at radius 1 is 0.811 bits per heavy atom. The highest BCUT2D eigenvalue weighted by molar-refractivity contribution is 6.32. The Bertz CT molecular complexity index is 1420. The molecule has 0 aromatic heterocycles. The number of methoxy groups -OCH3 is 1. The molecule has 0 aliphatic heterocycles. The van der Waals surface area contributed by atoms with Gasteiger partial charge in [-0.05, 0) is 54.6 Å². The van der Waals surface area contributed by atoms with Gasteiger partial charge in [0.1, 0.15) is 11.5 Å². The zero-order chi connectivity index (χ0) is 26.4. The van der Waals surface area contributed by atoms with Gasteiger partial charge in [0.15, 0.2) is 6.10 Å². The van der Waals surface area contributed by atoms with Crippen LogP contribution in [0.3, 0.4) is 0 Å². The maximum Gasteiger partial charge on any atom is 0.339 e. The molecule has 0 saturated heterocycles. The summed E-state index contributed by atoms with van der Waals surface area (Å²) in [7, 11) is 1.53. The molecule has 9 heteroatoms. The highest BCUT2D eigenvalue weighted by atomic mass is 35.5. The number of nitrogens with zero attached hydrogens (tertiary/aromatic N) is 1. The molecule has 0 bridgehead atoms. The largest absolute Gasteiger partial charge is 0.497 e. The number of benzene rings is 4. The summed E-state index contributed by atoms with van der Waals surface area (Å²) < 4.78 is 16.4. The van der Waals surface area contributed by atoms with Crippen LogP contribution in [0.25, 0.3) is 0 Å². The van der Waals surface area contributed by atoms with Gasteiger partial charge >= 0.3 is 11.7 Å². The molecule has 4 aromatic rings. The summed E-state index contributed by atoms with van der Waals surface area (Å²) in [5.41, 5.74) is 0.735. The van der Waals surface area contributed by atoms with E-state index in [1.54, 1.807) is 54.6 Å². The summed E-state index contributed by atoms with van der Waals surface area (Å²) in [4.78, 5) is 37.0. The van der Waals surface area contributed by atoms with Gasteiger partial charge in [-0.3, -0.25) is 14.9 Å². The highest BCUT2D eigenvalue weighted by Gasteiger charge is 2.27. The number of para-hydroxylation sites is 1. The lowest BCUT2D eigenvalue weighted by molar-refractivity contribution is -0.385. The van der Waals surface area contributed by atoms with Crippen molar-refractivity contribution < 1.29 is 28.7 Å². The lowest BCUT2D eigenvalue weighted by Crippen LogP contribution is -2.20. The number of carbonyl (C=O) groups is 2. The molecule has 0 aliphatic rings. The Kier molecular flexibility index (Phi) is 7.80. The van der Waals surface area contributed by atoms with Gasteiger partial charge in [0.05, 0.1) is 22.6 Å². The summed E-state index contributed by atoms with van der Waals surface area (Å²) in [5.74, 6) is -0.422. The average Bonchev–Trinajstić information content (AvgIpc) is 2.93. The van der Waals surface area contributed by atoms with Crippen LogP contribution in [0, 0.1) is 10.1 Å². The fourth-order valence-corrected chi connectivity index (χ4v) is 3.71. The Morgan fingerprint density at radius 2 is 1.43 bits per heavy atom. The van der Waals surface area contributed by atoms with E-state index in [9.17, 15) is 19.7 Å². The van der Waals surface area contributed by atoms with Crippen LogP contribution in [-0.4, -0.2) is 23.8 Å². The Morgan fingerprint density at radius 3 is 2.05 bits per heavy atom. The van der Waals surface area contributed by atoms with Crippen molar-refractivity contribution in [2.75, 3.05) is 7.11 Å². The number of hydrogen-bond donors (Lipinski definition) is 0. The Balaban J connectivity index is 1.55. The van der Waals surface area contributed by atoms with Crippen LogP contribution in [0.4, 0.5) is 5.69 Å². The van der Waals surface area contributed by atoms with Gasteiger partial charge in [-0.2, -0.15) is 0 Å². The number of ether oxygens (including phenoxy) is 3. The molecule has 0 heterocycles. The first kappa shape index (κ1) is 25.4. The first-order chi connectivity index (χ1) is 17.9. The average molecular weight is 518 g/mol. The van der Waals surface area contributed by atoms with E-state index in [1.807, 2.05) is 0 Å². The van der Waals surface area contributed by atoms with Gasteiger partial charge in [0, 0.05) is 17.2 Å².